The summed E-state index contributed by atoms with van der Waals surface area (Å²) in [5, 5.41) is 24.4. The third-order valence-electron chi connectivity index (χ3n) is 5.20. The van der Waals surface area contributed by atoms with Crippen LogP contribution in [0.15, 0.2) is 53.9 Å². The highest BCUT2D eigenvalue weighted by Crippen LogP contribution is 2.46. The van der Waals surface area contributed by atoms with Gasteiger partial charge in [-0.05, 0) is 33.4 Å². The largest absolute Gasteiger partial charge is 0.507 e. The van der Waals surface area contributed by atoms with E-state index in [1.54, 1.807) is 11.3 Å². The smallest absolute Gasteiger partial charge is 0.123 e. The maximum atomic E-state index is 11.2. The van der Waals surface area contributed by atoms with Crippen molar-refractivity contribution in [3.63, 3.8) is 0 Å². The molecule has 3 rings (SSSR count). The molecule has 2 nitrogen and oxygen atoms in total. The van der Waals surface area contributed by atoms with Gasteiger partial charge >= 0.3 is 0 Å². The van der Waals surface area contributed by atoms with Gasteiger partial charge in [-0.1, -0.05) is 84.0 Å². The summed E-state index contributed by atoms with van der Waals surface area (Å²) in [4.78, 5) is 1.10. The van der Waals surface area contributed by atoms with E-state index in [2.05, 4.69) is 47.6 Å². The molecule has 2 N–H and O–H groups in total. The van der Waals surface area contributed by atoms with E-state index in [-0.39, 0.29) is 16.7 Å². The minimum Gasteiger partial charge on any atom is -0.507 e. The van der Waals surface area contributed by atoms with Gasteiger partial charge in [-0.15, -0.1) is 11.3 Å². The molecule has 148 valence electrons. The molecule has 0 aliphatic heterocycles. The molecule has 0 saturated carbocycles. The number of phenols is 2. The number of hydrogen-bond acceptors (Lipinski definition) is 3. The van der Waals surface area contributed by atoms with Crippen molar-refractivity contribution in [2.75, 3.05) is 0 Å². The molecular weight excluding hydrogens is 364 g/mol. The van der Waals surface area contributed by atoms with E-state index in [4.69, 9.17) is 0 Å². The molecule has 0 aliphatic carbocycles. The summed E-state index contributed by atoms with van der Waals surface area (Å²) in [6, 6.07) is 16.0. The first-order chi connectivity index (χ1) is 13.0. The minimum absolute atomic E-state index is 0.171. The lowest BCUT2D eigenvalue weighted by Crippen LogP contribution is -2.15. The van der Waals surface area contributed by atoms with Crippen LogP contribution in [0.3, 0.4) is 0 Å². The topological polar surface area (TPSA) is 40.5 Å². The molecule has 1 aromatic heterocycles. The van der Waals surface area contributed by atoms with Crippen LogP contribution in [0, 0.1) is 0 Å². The fourth-order valence-electron chi connectivity index (χ4n) is 3.73. The Morgan fingerprint density at radius 2 is 1.14 bits per heavy atom. The molecule has 0 atom stereocenters. The van der Waals surface area contributed by atoms with Crippen molar-refractivity contribution >= 4 is 11.3 Å². The summed E-state index contributed by atoms with van der Waals surface area (Å²) in [6.45, 7) is 12.6. The van der Waals surface area contributed by atoms with Crippen molar-refractivity contribution in [3.8, 4) is 11.5 Å². The number of para-hydroxylation sites is 2. The van der Waals surface area contributed by atoms with E-state index in [0.29, 0.717) is 11.5 Å². The molecule has 3 aromatic rings. The Morgan fingerprint density at radius 3 is 1.50 bits per heavy atom. The third kappa shape index (κ3) is 3.81. The molecule has 0 amide bonds. The molecule has 0 fully saturated rings. The molecule has 0 saturated heterocycles. The molecule has 0 aliphatic rings. The zero-order chi connectivity index (χ0) is 20.7. The Kier molecular flexibility index (Phi) is 5.33. The molecule has 2 aromatic carbocycles. The van der Waals surface area contributed by atoms with Gasteiger partial charge in [0.25, 0.3) is 0 Å². The van der Waals surface area contributed by atoms with Crippen molar-refractivity contribution in [2.24, 2.45) is 0 Å². The van der Waals surface area contributed by atoms with Crippen LogP contribution >= 0.6 is 11.3 Å². The predicted octanol–water partition coefficient (Wildman–Crippen LogP) is 6.93. The van der Waals surface area contributed by atoms with Gasteiger partial charge in [-0.2, -0.15) is 0 Å². The molecule has 28 heavy (non-hydrogen) atoms. The van der Waals surface area contributed by atoms with Gasteiger partial charge < -0.3 is 10.2 Å². The molecular formula is C25H30O2S. The number of phenolic OH excluding ortho intramolecular Hbond substituents is 2. The average molecular weight is 395 g/mol. The van der Waals surface area contributed by atoms with Gasteiger partial charge in [0.15, 0.2) is 0 Å². The van der Waals surface area contributed by atoms with Gasteiger partial charge in [0.05, 0.1) is 5.92 Å². The fourth-order valence-corrected chi connectivity index (χ4v) is 4.59. The van der Waals surface area contributed by atoms with Crippen LogP contribution in [0.25, 0.3) is 0 Å². The van der Waals surface area contributed by atoms with E-state index in [0.717, 1.165) is 27.1 Å². The Labute approximate surface area is 172 Å². The molecule has 0 radical (unpaired) electrons. The maximum Gasteiger partial charge on any atom is 0.123 e. The Morgan fingerprint density at radius 1 is 0.679 bits per heavy atom. The zero-order valence-electron chi connectivity index (χ0n) is 17.6. The van der Waals surface area contributed by atoms with E-state index < -0.39 is 0 Å². The standard InChI is InChI=1S/C25H30O2S/c1-24(2,3)18-12-7-10-16(22(18)26)21(20-14-9-15-28-20)17-11-8-13-19(23(17)27)25(4,5)6/h7-15,21,26-27H,1-6H3. The lowest BCUT2D eigenvalue weighted by molar-refractivity contribution is 0.432. The predicted molar refractivity (Wildman–Crippen MR) is 119 cm³/mol. The Balaban J connectivity index is 2.28. The first-order valence-corrected chi connectivity index (χ1v) is 10.6. The van der Waals surface area contributed by atoms with Crippen LogP contribution in [0.4, 0.5) is 0 Å². The summed E-state index contributed by atoms with van der Waals surface area (Å²) in [6.07, 6.45) is 0. The molecule has 0 spiro atoms. The number of aromatic hydroxyl groups is 2. The summed E-state index contributed by atoms with van der Waals surface area (Å²) in [7, 11) is 0. The number of rotatable bonds is 3. The highest BCUT2D eigenvalue weighted by atomic mass is 32.1. The third-order valence-corrected chi connectivity index (χ3v) is 6.14. The SMILES string of the molecule is CC(C)(C)c1cccc(C(c2cccs2)c2cccc(C(C)(C)C)c2O)c1O. The fraction of sp³-hybridized carbons (Fsp3) is 0.360. The van der Waals surface area contributed by atoms with Crippen LogP contribution in [0.1, 0.15) is 74.6 Å². The van der Waals surface area contributed by atoms with Crippen LogP contribution in [-0.2, 0) is 10.8 Å². The average Bonchev–Trinajstić information content (AvgIpc) is 3.10. The molecule has 0 unspecified atom stereocenters. The second kappa shape index (κ2) is 7.29. The van der Waals surface area contributed by atoms with Gasteiger partial charge in [-0.25, -0.2) is 0 Å². The first kappa shape index (κ1) is 20.5. The van der Waals surface area contributed by atoms with Crippen molar-refractivity contribution < 1.29 is 10.2 Å². The lowest BCUT2D eigenvalue weighted by Gasteiger charge is -2.27. The monoisotopic (exact) mass is 394 g/mol. The summed E-state index contributed by atoms with van der Waals surface area (Å²) >= 11 is 1.64. The lowest BCUT2D eigenvalue weighted by atomic mass is 9.79. The van der Waals surface area contributed by atoms with Gasteiger partial charge in [0.2, 0.25) is 0 Å². The van der Waals surface area contributed by atoms with Crippen LogP contribution in [0.2, 0.25) is 0 Å². The highest BCUT2D eigenvalue weighted by molar-refractivity contribution is 7.10. The number of thiophene rings is 1. The van der Waals surface area contributed by atoms with Gasteiger partial charge in [0.1, 0.15) is 11.5 Å². The second-order valence-electron chi connectivity index (χ2n) is 9.44. The van der Waals surface area contributed by atoms with E-state index in [9.17, 15) is 10.2 Å². The van der Waals surface area contributed by atoms with Crippen LogP contribution in [-0.4, -0.2) is 10.2 Å². The Bertz CT molecular complexity index is 894. The summed E-state index contributed by atoms with van der Waals surface area (Å²) in [5.41, 5.74) is 3.15. The van der Waals surface area contributed by atoms with Crippen molar-refractivity contribution in [1.29, 1.82) is 0 Å². The number of benzene rings is 2. The molecule has 1 heterocycles. The summed E-state index contributed by atoms with van der Waals surface area (Å²) in [5.74, 6) is 0.410. The minimum atomic E-state index is -0.218. The first-order valence-electron chi connectivity index (χ1n) is 9.70. The maximum absolute atomic E-state index is 11.2. The van der Waals surface area contributed by atoms with Crippen LogP contribution < -0.4 is 0 Å². The quantitative estimate of drug-likeness (QED) is 0.505. The van der Waals surface area contributed by atoms with Crippen LogP contribution in [0.5, 0.6) is 11.5 Å². The second-order valence-corrected chi connectivity index (χ2v) is 10.4. The summed E-state index contributed by atoms with van der Waals surface area (Å²) < 4.78 is 0. The van der Waals surface area contributed by atoms with E-state index >= 15 is 0 Å². The molecule has 3 heteroatoms. The number of hydrogen-bond donors (Lipinski definition) is 2. The van der Waals surface area contributed by atoms with E-state index in [1.165, 1.54) is 0 Å². The zero-order valence-corrected chi connectivity index (χ0v) is 18.4. The van der Waals surface area contributed by atoms with Crippen molar-refractivity contribution in [2.45, 2.75) is 58.3 Å². The Hall–Kier alpha value is -2.26. The van der Waals surface area contributed by atoms with Crippen molar-refractivity contribution in [1.82, 2.24) is 0 Å². The van der Waals surface area contributed by atoms with Gasteiger partial charge in [-0.3, -0.25) is 0 Å². The van der Waals surface area contributed by atoms with E-state index in [1.807, 2.05) is 47.8 Å². The molecule has 0 bridgehead atoms. The van der Waals surface area contributed by atoms with Gasteiger partial charge in [0, 0.05) is 16.0 Å². The van der Waals surface area contributed by atoms with Crippen molar-refractivity contribution in [3.05, 3.63) is 81.0 Å². The normalized spacial score (nSPS) is 12.5. The highest BCUT2D eigenvalue weighted by Gasteiger charge is 2.29.